The van der Waals surface area contributed by atoms with E-state index >= 15 is 0 Å². The normalized spacial score (nSPS) is 24.1. The number of carbonyl (C=O) groups excluding carboxylic acids is 2. The monoisotopic (exact) mass is 395 g/mol. The van der Waals surface area contributed by atoms with E-state index < -0.39 is 12.0 Å². The fourth-order valence-electron chi connectivity index (χ4n) is 4.64. The van der Waals surface area contributed by atoms with Gasteiger partial charge in [-0.1, -0.05) is 12.1 Å². The molecule has 3 aliphatic heterocycles. The number of carboxylic acids is 1. The maximum absolute atomic E-state index is 12.8. The molecule has 2 amide bonds. The molecule has 2 aromatic carbocycles. The minimum Gasteiger partial charge on any atom is -0.480 e. The molecule has 5 rings (SSSR count). The number of benzene rings is 2. The first-order valence-corrected chi connectivity index (χ1v) is 9.98. The lowest BCUT2D eigenvalue weighted by Gasteiger charge is -2.46. The van der Waals surface area contributed by atoms with Crippen molar-refractivity contribution >= 4 is 28.6 Å². The molecule has 7 nitrogen and oxygen atoms in total. The molecule has 3 aliphatic rings. The van der Waals surface area contributed by atoms with E-state index in [1.165, 1.54) is 0 Å². The van der Waals surface area contributed by atoms with Crippen molar-refractivity contribution < 1.29 is 19.5 Å². The molecule has 29 heavy (non-hydrogen) atoms. The third kappa shape index (κ3) is 3.82. The molecule has 0 aliphatic carbocycles. The van der Waals surface area contributed by atoms with E-state index in [1.807, 2.05) is 0 Å². The maximum atomic E-state index is 12.8. The smallest absolute Gasteiger partial charge is 0.326 e. The molecule has 7 heteroatoms. The van der Waals surface area contributed by atoms with Crippen LogP contribution in [-0.4, -0.2) is 60.5 Å². The SMILES string of the molecule is CNC(=O)c1ccc2cc(C(=O)N[C@@H](C(=O)O)[C@H]3CN4CCC3CC4)ccc2c1. The quantitative estimate of drug-likeness (QED) is 0.716. The Bertz CT molecular complexity index is 966. The molecule has 3 fully saturated rings. The van der Waals surface area contributed by atoms with Crippen molar-refractivity contribution in [1.29, 1.82) is 0 Å². The van der Waals surface area contributed by atoms with Crippen LogP contribution in [0, 0.1) is 11.8 Å². The number of hydrogen-bond acceptors (Lipinski definition) is 4. The lowest BCUT2D eigenvalue weighted by atomic mass is 9.75. The molecule has 0 saturated carbocycles. The summed E-state index contributed by atoms with van der Waals surface area (Å²) in [4.78, 5) is 38.8. The molecule has 0 radical (unpaired) electrons. The van der Waals surface area contributed by atoms with E-state index in [4.69, 9.17) is 0 Å². The Labute approximate surface area is 169 Å². The summed E-state index contributed by atoms with van der Waals surface area (Å²) in [5, 5.41) is 16.8. The second-order valence-electron chi connectivity index (χ2n) is 7.95. The van der Waals surface area contributed by atoms with Gasteiger partial charge in [-0.05, 0) is 66.9 Å². The van der Waals surface area contributed by atoms with Crippen molar-refractivity contribution in [2.45, 2.75) is 18.9 Å². The number of amides is 2. The van der Waals surface area contributed by atoms with Gasteiger partial charge in [-0.15, -0.1) is 0 Å². The fraction of sp³-hybridized carbons (Fsp3) is 0.409. The Morgan fingerprint density at radius 2 is 1.59 bits per heavy atom. The van der Waals surface area contributed by atoms with Crippen LogP contribution in [0.3, 0.4) is 0 Å². The van der Waals surface area contributed by atoms with Crippen LogP contribution in [0.4, 0.5) is 0 Å². The first kappa shape index (κ1) is 19.4. The Morgan fingerprint density at radius 3 is 2.07 bits per heavy atom. The average Bonchev–Trinajstić information content (AvgIpc) is 2.76. The molecule has 3 N–H and O–H groups in total. The first-order valence-electron chi connectivity index (χ1n) is 9.98. The second kappa shape index (κ2) is 7.83. The fourth-order valence-corrected chi connectivity index (χ4v) is 4.64. The first-order chi connectivity index (χ1) is 14.0. The van der Waals surface area contributed by atoms with Gasteiger partial charge in [0.15, 0.2) is 0 Å². The van der Waals surface area contributed by atoms with Crippen LogP contribution in [0.25, 0.3) is 10.8 Å². The predicted molar refractivity (Wildman–Crippen MR) is 109 cm³/mol. The number of fused-ring (bicyclic) bond motifs is 4. The van der Waals surface area contributed by atoms with Crippen LogP contribution < -0.4 is 10.6 Å². The Kier molecular flexibility index (Phi) is 5.24. The van der Waals surface area contributed by atoms with Gasteiger partial charge in [-0.2, -0.15) is 0 Å². The maximum Gasteiger partial charge on any atom is 0.326 e. The van der Waals surface area contributed by atoms with Gasteiger partial charge in [0, 0.05) is 30.6 Å². The lowest BCUT2D eigenvalue weighted by Crippen LogP contribution is -2.57. The topological polar surface area (TPSA) is 98.7 Å². The van der Waals surface area contributed by atoms with Gasteiger partial charge in [0.1, 0.15) is 6.04 Å². The van der Waals surface area contributed by atoms with Crippen LogP contribution in [0.5, 0.6) is 0 Å². The largest absolute Gasteiger partial charge is 0.480 e. The van der Waals surface area contributed by atoms with E-state index in [0.29, 0.717) is 17.0 Å². The number of hydrogen-bond donors (Lipinski definition) is 3. The van der Waals surface area contributed by atoms with E-state index in [2.05, 4.69) is 15.5 Å². The highest BCUT2D eigenvalue weighted by Gasteiger charge is 2.42. The summed E-state index contributed by atoms with van der Waals surface area (Å²) < 4.78 is 0. The summed E-state index contributed by atoms with van der Waals surface area (Å²) in [5.74, 6) is -1.24. The summed E-state index contributed by atoms with van der Waals surface area (Å²) in [6.45, 7) is 2.76. The summed E-state index contributed by atoms with van der Waals surface area (Å²) >= 11 is 0. The molecule has 3 heterocycles. The highest BCUT2D eigenvalue weighted by atomic mass is 16.4. The number of carboxylic acid groups (broad SMARTS) is 1. The van der Waals surface area contributed by atoms with E-state index in [9.17, 15) is 19.5 Å². The number of nitrogens with zero attached hydrogens (tertiary/aromatic N) is 1. The van der Waals surface area contributed by atoms with Crippen LogP contribution >= 0.6 is 0 Å². The van der Waals surface area contributed by atoms with Crippen molar-refractivity contribution in [3.8, 4) is 0 Å². The highest BCUT2D eigenvalue weighted by molar-refractivity contribution is 6.02. The van der Waals surface area contributed by atoms with Crippen molar-refractivity contribution in [3.63, 3.8) is 0 Å². The van der Waals surface area contributed by atoms with Crippen molar-refractivity contribution in [3.05, 3.63) is 47.5 Å². The molecule has 2 aromatic rings. The standard InChI is InChI=1S/C22H25N3O4/c1-23-20(26)16-4-2-15-11-17(5-3-14(15)10-16)21(27)24-19(22(28)29)18-12-25-8-6-13(18)7-9-25/h2-5,10-11,13,18-19H,6-9,12H2,1H3,(H,23,26)(H,24,27)(H,28,29)/t18-,19+/m0/s1. The van der Waals surface area contributed by atoms with Gasteiger partial charge >= 0.3 is 5.97 Å². The minimum atomic E-state index is -0.979. The zero-order valence-corrected chi connectivity index (χ0v) is 16.4. The third-order valence-corrected chi connectivity index (χ3v) is 6.28. The highest BCUT2D eigenvalue weighted by Crippen LogP contribution is 2.34. The zero-order chi connectivity index (χ0) is 20.5. The average molecular weight is 395 g/mol. The zero-order valence-electron chi connectivity index (χ0n) is 16.4. The third-order valence-electron chi connectivity index (χ3n) is 6.28. The number of aliphatic carboxylic acids is 1. The number of nitrogens with one attached hydrogen (secondary N) is 2. The number of carbonyl (C=O) groups is 3. The van der Waals surface area contributed by atoms with Crippen LogP contribution in [-0.2, 0) is 4.79 Å². The Balaban J connectivity index is 1.54. The second-order valence-corrected chi connectivity index (χ2v) is 7.95. The molecular formula is C22H25N3O4. The van der Waals surface area contributed by atoms with Crippen molar-refractivity contribution in [1.82, 2.24) is 15.5 Å². The van der Waals surface area contributed by atoms with Crippen LogP contribution in [0.1, 0.15) is 33.6 Å². The molecule has 0 unspecified atom stereocenters. The molecule has 2 bridgehead atoms. The van der Waals surface area contributed by atoms with Crippen molar-refractivity contribution in [2.24, 2.45) is 11.8 Å². The van der Waals surface area contributed by atoms with E-state index in [1.54, 1.807) is 43.4 Å². The van der Waals surface area contributed by atoms with Gasteiger partial charge < -0.3 is 20.6 Å². The molecular weight excluding hydrogens is 370 g/mol. The van der Waals surface area contributed by atoms with E-state index in [0.717, 1.165) is 43.2 Å². The molecule has 3 saturated heterocycles. The van der Waals surface area contributed by atoms with Gasteiger partial charge in [0.25, 0.3) is 11.8 Å². The summed E-state index contributed by atoms with van der Waals surface area (Å²) in [6.07, 6.45) is 1.99. The van der Waals surface area contributed by atoms with Gasteiger partial charge in [-0.25, -0.2) is 4.79 Å². The van der Waals surface area contributed by atoms with Crippen molar-refractivity contribution in [2.75, 3.05) is 26.7 Å². The Morgan fingerprint density at radius 1 is 1.00 bits per heavy atom. The minimum absolute atomic E-state index is 0.0606. The van der Waals surface area contributed by atoms with E-state index in [-0.39, 0.29) is 17.7 Å². The van der Waals surface area contributed by atoms with Crippen LogP contribution in [0.2, 0.25) is 0 Å². The Hall–Kier alpha value is -2.93. The number of piperidine rings is 3. The summed E-state index contributed by atoms with van der Waals surface area (Å²) in [6, 6.07) is 9.55. The van der Waals surface area contributed by atoms with Crippen LogP contribution in [0.15, 0.2) is 36.4 Å². The number of rotatable bonds is 5. The lowest BCUT2D eigenvalue weighted by molar-refractivity contribution is -0.143. The molecule has 0 spiro atoms. The summed E-state index contributed by atoms with van der Waals surface area (Å²) in [5.41, 5.74) is 0.961. The van der Waals surface area contributed by atoms with Gasteiger partial charge in [0.05, 0.1) is 0 Å². The van der Waals surface area contributed by atoms with Gasteiger partial charge in [-0.3, -0.25) is 9.59 Å². The summed E-state index contributed by atoms with van der Waals surface area (Å²) in [7, 11) is 1.58. The molecule has 152 valence electrons. The molecule has 0 aromatic heterocycles. The molecule has 2 atom stereocenters. The predicted octanol–water partition coefficient (Wildman–Crippen LogP) is 1.72. The van der Waals surface area contributed by atoms with Gasteiger partial charge in [0.2, 0.25) is 0 Å².